The van der Waals surface area contributed by atoms with Crippen molar-refractivity contribution in [2.75, 3.05) is 11.5 Å². The van der Waals surface area contributed by atoms with Crippen molar-refractivity contribution in [3.05, 3.63) is 34.9 Å². The average molecular weight is 371 g/mol. The lowest BCUT2D eigenvalue weighted by molar-refractivity contribution is 0.205. The van der Waals surface area contributed by atoms with Gasteiger partial charge in [-0.3, -0.25) is 0 Å². The minimum absolute atomic E-state index is 0.0372. The van der Waals surface area contributed by atoms with Gasteiger partial charge in [0.05, 0.1) is 17.5 Å². The van der Waals surface area contributed by atoms with Gasteiger partial charge in [-0.2, -0.15) is 0 Å². The van der Waals surface area contributed by atoms with Gasteiger partial charge in [0.1, 0.15) is 0 Å². The predicted octanol–water partition coefficient (Wildman–Crippen LogP) is 3.06. The molecule has 1 saturated heterocycles. The Balaban J connectivity index is 1.64. The van der Waals surface area contributed by atoms with Crippen molar-refractivity contribution in [2.45, 2.75) is 44.2 Å². The third kappa shape index (κ3) is 4.42. The maximum atomic E-state index is 12.4. The molecular weight excluding hydrogens is 348 g/mol. The molecule has 0 spiro atoms. The second-order valence-electron chi connectivity index (χ2n) is 6.79. The smallest absolute Gasteiger partial charge is 0.315 e. The first kappa shape index (κ1) is 17.5. The van der Waals surface area contributed by atoms with Crippen LogP contribution >= 0.6 is 11.6 Å². The molecule has 0 bridgehead atoms. The number of hydrogen-bond acceptors (Lipinski definition) is 3. The Bertz CT molecular complexity index is 686. The topological polar surface area (TPSA) is 75.3 Å². The van der Waals surface area contributed by atoms with Gasteiger partial charge in [-0.05, 0) is 49.3 Å². The van der Waals surface area contributed by atoms with Gasteiger partial charge in [-0.15, -0.1) is 0 Å². The molecule has 2 aliphatic rings. The fourth-order valence-corrected chi connectivity index (χ4v) is 5.18. The van der Waals surface area contributed by atoms with E-state index in [4.69, 9.17) is 11.6 Å². The van der Waals surface area contributed by atoms with Crippen molar-refractivity contribution in [1.82, 2.24) is 10.6 Å². The second kappa shape index (κ2) is 7.31. The van der Waals surface area contributed by atoms with Crippen molar-refractivity contribution in [3.63, 3.8) is 0 Å². The molecule has 0 aromatic heterocycles. The summed E-state index contributed by atoms with van der Waals surface area (Å²) in [5.74, 6) is 0.685. The Hall–Kier alpha value is -1.27. The van der Waals surface area contributed by atoms with Gasteiger partial charge in [0.15, 0.2) is 9.84 Å². The molecule has 24 heavy (non-hydrogen) atoms. The molecule has 1 aromatic rings. The van der Waals surface area contributed by atoms with E-state index in [-0.39, 0.29) is 29.6 Å². The molecule has 1 saturated carbocycles. The average Bonchev–Trinajstić information content (AvgIpc) is 2.44. The molecule has 5 nitrogen and oxygen atoms in total. The van der Waals surface area contributed by atoms with E-state index < -0.39 is 9.84 Å². The standard InChI is InChI=1S/C17H23ClN2O3S/c18-14-8-6-13(7-9-14)16(12-3-1-4-12)20-17(21)19-15-5-2-10-24(22,23)11-15/h6-9,12,15-16H,1-5,10-11H2,(H2,19,20,21). The molecule has 2 atom stereocenters. The summed E-state index contributed by atoms with van der Waals surface area (Å²) in [4.78, 5) is 12.4. The van der Waals surface area contributed by atoms with Gasteiger partial charge in [0.25, 0.3) is 0 Å². The van der Waals surface area contributed by atoms with Crippen LogP contribution in [0.15, 0.2) is 24.3 Å². The number of rotatable bonds is 4. The molecule has 2 unspecified atom stereocenters. The molecule has 1 heterocycles. The van der Waals surface area contributed by atoms with Crippen LogP contribution in [0.25, 0.3) is 0 Å². The van der Waals surface area contributed by atoms with Gasteiger partial charge in [0.2, 0.25) is 0 Å². The molecule has 2 amide bonds. The van der Waals surface area contributed by atoms with E-state index in [0.717, 1.165) is 18.4 Å². The fraction of sp³-hybridized carbons (Fsp3) is 0.588. The fourth-order valence-electron chi connectivity index (χ4n) is 3.42. The maximum Gasteiger partial charge on any atom is 0.315 e. The van der Waals surface area contributed by atoms with Crippen LogP contribution in [0.1, 0.15) is 43.7 Å². The number of sulfone groups is 1. The molecular formula is C17H23ClN2O3S. The second-order valence-corrected chi connectivity index (χ2v) is 9.46. The van der Waals surface area contributed by atoms with Crippen LogP contribution in [0, 0.1) is 5.92 Å². The predicted molar refractivity (Wildman–Crippen MR) is 94.9 cm³/mol. The molecule has 132 valence electrons. The zero-order chi connectivity index (χ0) is 17.2. The first-order valence-corrected chi connectivity index (χ1v) is 10.7. The van der Waals surface area contributed by atoms with E-state index in [1.165, 1.54) is 6.42 Å². The van der Waals surface area contributed by atoms with Crippen LogP contribution in [0.3, 0.4) is 0 Å². The Morgan fingerprint density at radius 3 is 2.42 bits per heavy atom. The van der Waals surface area contributed by atoms with Crippen LogP contribution < -0.4 is 10.6 Å². The monoisotopic (exact) mass is 370 g/mol. The summed E-state index contributed by atoms with van der Waals surface area (Å²) < 4.78 is 23.4. The van der Waals surface area contributed by atoms with Crippen molar-refractivity contribution in [3.8, 4) is 0 Å². The van der Waals surface area contributed by atoms with Crippen molar-refractivity contribution >= 4 is 27.5 Å². The number of benzene rings is 1. The van der Waals surface area contributed by atoms with Crippen molar-refractivity contribution in [1.29, 1.82) is 0 Å². The van der Waals surface area contributed by atoms with Crippen molar-refractivity contribution in [2.24, 2.45) is 5.92 Å². The maximum absolute atomic E-state index is 12.4. The first-order chi connectivity index (χ1) is 11.4. The van der Waals surface area contributed by atoms with Crippen LogP contribution in [0.2, 0.25) is 5.02 Å². The summed E-state index contributed by atoms with van der Waals surface area (Å²) in [6.07, 6.45) is 4.67. The Morgan fingerprint density at radius 1 is 1.12 bits per heavy atom. The third-order valence-corrected chi connectivity index (χ3v) is 7.01. The molecule has 1 aliphatic heterocycles. The van der Waals surface area contributed by atoms with E-state index in [1.54, 1.807) is 0 Å². The highest BCUT2D eigenvalue weighted by atomic mass is 35.5. The summed E-state index contributed by atoms with van der Waals surface area (Å²) in [7, 11) is -3.03. The number of urea groups is 1. The molecule has 3 rings (SSSR count). The van der Waals surface area contributed by atoms with Gasteiger partial charge >= 0.3 is 6.03 Å². The zero-order valence-corrected chi connectivity index (χ0v) is 15.1. The third-order valence-electron chi connectivity index (χ3n) is 4.94. The summed E-state index contributed by atoms with van der Waals surface area (Å²) >= 11 is 5.95. The first-order valence-electron chi connectivity index (χ1n) is 8.46. The number of amides is 2. The SMILES string of the molecule is O=C(NC1CCCS(=O)(=O)C1)NC(c1ccc(Cl)cc1)C1CCC1. The number of carbonyl (C=O) groups is 1. The van der Waals surface area contributed by atoms with E-state index >= 15 is 0 Å². The highest BCUT2D eigenvalue weighted by Crippen LogP contribution is 2.38. The summed E-state index contributed by atoms with van der Waals surface area (Å²) in [5.41, 5.74) is 1.04. The van der Waals surface area contributed by atoms with Crippen LogP contribution in [0.5, 0.6) is 0 Å². The molecule has 2 N–H and O–H groups in total. The minimum Gasteiger partial charge on any atom is -0.334 e. The van der Waals surface area contributed by atoms with Gasteiger partial charge in [-0.1, -0.05) is 30.2 Å². The number of halogens is 1. The van der Waals surface area contributed by atoms with Crippen molar-refractivity contribution < 1.29 is 13.2 Å². The van der Waals surface area contributed by atoms with Crippen LogP contribution in [-0.2, 0) is 9.84 Å². The van der Waals surface area contributed by atoms with Gasteiger partial charge in [0, 0.05) is 11.1 Å². The largest absolute Gasteiger partial charge is 0.334 e. The minimum atomic E-state index is -3.03. The zero-order valence-electron chi connectivity index (χ0n) is 13.5. The normalized spacial score (nSPS) is 24.6. The molecule has 2 fully saturated rings. The van der Waals surface area contributed by atoms with Gasteiger partial charge < -0.3 is 10.6 Å². The number of carbonyl (C=O) groups excluding carboxylic acids is 1. The highest BCUT2D eigenvalue weighted by molar-refractivity contribution is 7.91. The Kier molecular flexibility index (Phi) is 5.35. The van der Waals surface area contributed by atoms with E-state index in [1.807, 2.05) is 24.3 Å². The number of hydrogen-bond donors (Lipinski definition) is 2. The number of nitrogens with one attached hydrogen (secondary N) is 2. The summed E-state index contributed by atoms with van der Waals surface area (Å²) in [5, 5.41) is 6.54. The lowest BCUT2D eigenvalue weighted by Crippen LogP contribution is -2.49. The molecule has 7 heteroatoms. The van der Waals surface area contributed by atoms with Crippen LogP contribution in [-0.4, -0.2) is 32.0 Å². The van der Waals surface area contributed by atoms with Crippen LogP contribution in [0.4, 0.5) is 4.79 Å². The lowest BCUT2D eigenvalue weighted by atomic mass is 9.77. The Labute approximate surface area is 148 Å². The van der Waals surface area contributed by atoms with E-state index in [2.05, 4.69) is 10.6 Å². The van der Waals surface area contributed by atoms with E-state index in [0.29, 0.717) is 23.8 Å². The molecule has 1 aromatic carbocycles. The van der Waals surface area contributed by atoms with E-state index in [9.17, 15) is 13.2 Å². The quantitative estimate of drug-likeness (QED) is 0.855. The summed E-state index contributed by atoms with van der Waals surface area (Å²) in [6, 6.07) is 6.90. The summed E-state index contributed by atoms with van der Waals surface area (Å²) in [6.45, 7) is 0. The Morgan fingerprint density at radius 2 is 1.83 bits per heavy atom. The van der Waals surface area contributed by atoms with Gasteiger partial charge in [-0.25, -0.2) is 13.2 Å². The highest BCUT2D eigenvalue weighted by Gasteiger charge is 2.31. The molecule has 0 radical (unpaired) electrons. The molecule has 1 aliphatic carbocycles. The lowest BCUT2D eigenvalue weighted by Gasteiger charge is -2.35.